The predicted octanol–water partition coefficient (Wildman–Crippen LogP) is 25.7. The quantitative estimate of drug-likeness (QED) is 0.0424. The number of carbonyl (C=O) groups is 1. The number of hydrogen-bond acceptors (Lipinski definition) is 21. The van der Waals surface area contributed by atoms with Crippen LogP contribution in [0.5, 0.6) is 23.0 Å². The van der Waals surface area contributed by atoms with Gasteiger partial charge in [-0.2, -0.15) is 0 Å². The number of hydrogen-bond donors (Lipinski definition) is 0. The van der Waals surface area contributed by atoms with Crippen molar-refractivity contribution in [2.24, 2.45) is 0 Å². The van der Waals surface area contributed by atoms with E-state index in [0.717, 1.165) is 115 Å². The summed E-state index contributed by atoms with van der Waals surface area (Å²) in [5.74, 6) is 3.83. The first-order chi connectivity index (χ1) is 69.4. The number of nitrogens with zero attached hydrogens (tertiary/aromatic N) is 12. The van der Waals surface area contributed by atoms with E-state index in [1.54, 1.807) is 171 Å². The van der Waals surface area contributed by atoms with Crippen molar-refractivity contribution in [3.05, 3.63) is 420 Å². The average Bonchev–Trinajstić information content (AvgIpc) is 1.56. The van der Waals surface area contributed by atoms with Crippen LogP contribution in [0.2, 0.25) is 18.1 Å². The van der Waals surface area contributed by atoms with E-state index in [-0.39, 0.29) is 30.3 Å². The highest BCUT2D eigenvalue weighted by atomic mass is 32.2. The molecule has 26 nitrogen and oxygen atoms in total. The third-order valence-electron chi connectivity index (χ3n) is 25.3. The van der Waals surface area contributed by atoms with Gasteiger partial charge in [0.2, 0.25) is 0 Å². The van der Waals surface area contributed by atoms with Gasteiger partial charge in [-0.05, 0) is 176 Å². The fraction of sp³-hybridized carbons (Fsp3) is 0.0885. The van der Waals surface area contributed by atoms with Gasteiger partial charge in [0.25, 0.3) is 40.1 Å². The molecule has 13 aromatic heterocycles. The van der Waals surface area contributed by atoms with Crippen LogP contribution in [0.3, 0.4) is 0 Å². The van der Waals surface area contributed by atoms with Crippen LogP contribution in [0.15, 0.2) is 435 Å². The Morgan fingerprint density at radius 1 is 0.382 bits per heavy atom. The number of aryl methyl sites for hydroxylation is 2. The molecule has 0 N–H and O–H groups in total. The molecule has 0 unspecified atom stereocenters. The summed E-state index contributed by atoms with van der Waals surface area (Å²) >= 11 is 0. The molecule has 0 saturated carbocycles. The van der Waals surface area contributed by atoms with Crippen LogP contribution < -0.4 is 14.4 Å². The van der Waals surface area contributed by atoms with Gasteiger partial charge < -0.3 is 32.0 Å². The highest BCUT2D eigenvalue weighted by molar-refractivity contribution is 7.91. The summed E-state index contributed by atoms with van der Waals surface area (Å²) in [5.41, 5.74) is 16.2. The standard InChI is InChI=1S/C31H26N4O4S2.C30H23N3O4S.C30H30N2O3Si.C22H15N3O3S/c1-33(2)26-15-13-23(14-16-26)25-19-29-30(24-17-18-34(21-24)40(36,37)27-9-5-3-6-10-27)22-35(31(29)32-20-25)41(38,39)28-11-7-4-8-12-28;1-20-29(21(2)37-32-20)27-19-33(38(34,35)24-13-7-4-8-14-24)30-26(27)17-22(18-31-30)25-15-9-10-16-28(25)36-23-11-5-3-6-12-23;1-30(2,3)36(4,5)32-18-27(22-15-24(19-33)34-20-22)26-16-21(17-31-29(26)32)25-13-9-10-14-28(25)35-23-11-7-6-8-12-23;26-29(27,18-6-2-1-3-7-18)25-14-20(16-9-11-28-15-16)19-12-17(13-24-22(19)25)21-8-4-5-10-23-21/h3-22H,1-2H3;3-19H,1-2H3;6-20H,1-5H3;1-15H. The topological polar surface area (TPSA) is 317 Å². The molecule has 31 heteroatoms. The minimum Gasteiger partial charge on any atom is -0.472 e. The summed E-state index contributed by atoms with van der Waals surface area (Å²) in [5, 5.41) is 7.16. The van der Waals surface area contributed by atoms with Crippen LogP contribution in [0, 0.1) is 13.8 Å². The summed E-state index contributed by atoms with van der Waals surface area (Å²) in [6.07, 6.45) is 24.0. The molecule has 0 aliphatic rings. The minimum atomic E-state index is -3.99. The average molecular weight is 2000 g/mol. The van der Waals surface area contributed by atoms with E-state index in [4.69, 9.17) is 27.8 Å². The smallest absolute Gasteiger partial charge is 0.269 e. The van der Waals surface area contributed by atoms with Crippen LogP contribution in [0.1, 0.15) is 42.8 Å². The molecule has 0 aliphatic carbocycles. The maximum absolute atomic E-state index is 13.7. The number of para-hydroxylation sites is 4. The molecule has 9 aromatic carbocycles. The molecule has 13 heterocycles. The largest absolute Gasteiger partial charge is 0.472 e. The van der Waals surface area contributed by atoms with Crippen molar-refractivity contribution < 1.29 is 61.3 Å². The van der Waals surface area contributed by atoms with E-state index in [2.05, 4.69) is 75.5 Å². The Morgan fingerprint density at radius 2 is 0.806 bits per heavy atom. The molecule has 0 atom stereocenters. The van der Waals surface area contributed by atoms with Gasteiger partial charge in [-0.15, -0.1) is 0 Å². The highest BCUT2D eigenvalue weighted by Gasteiger charge is 2.40. The maximum Gasteiger partial charge on any atom is 0.269 e. The third-order valence-corrected chi connectivity index (χ3v) is 37.2. The number of aromatic nitrogens is 11. The lowest BCUT2D eigenvalue weighted by atomic mass is 10.0. The van der Waals surface area contributed by atoms with Crippen molar-refractivity contribution in [3.8, 4) is 112 Å². The van der Waals surface area contributed by atoms with Gasteiger partial charge in [-0.3, -0.25) is 9.78 Å². The highest BCUT2D eigenvalue weighted by Crippen LogP contribution is 2.47. The molecule has 0 fully saturated rings. The van der Waals surface area contributed by atoms with E-state index < -0.39 is 48.3 Å². The summed E-state index contributed by atoms with van der Waals surface area (Å²) in [7, 11) is -13.6. The molecule has 0 amide bonds. The van der Waals surface area contributed by atoms with E-state index in [0.29, 0.717) is 72.9 Å². The van der Waals surface area contributed by atoms with E-state index in [1.807, 2.05) is 209 Å². The number of fused-ring (bicyclic) bond motifs is 4. The number of ether oxygens (including phenoxy) is 2. The van der Waals surface area contributed by atoms with Crippen LogP contribution in [-0.2, 0) is 40.1 Å². The second-order valence-electron chi connectivity index (χ2n) is 35.7. The molecule has 22 rings (SSSR count). The fourth-order valence-electron chi connectivity index (χ4n) is 16.8. The zero-order valence-electron chi connectivity index (χ0n) is 79.4. The SMILES string of the molecule is CC(C)(C)[Si](C)(C)n1cc(-c2coc(C=O)c2)c2cc(-c3ccccc3Oc3ccccc3)cnc21.CN(C)c1ccc(-c2cnc3c(c2)c(-c2ccn(S(=O)(=O)c4ccccc4)c2)cn3S(=O)(=O)c2ccccc2)cc1.Cc1noc(C)c1-c1cn(S(=O)(=O)c2ccccc2)c2ncc(-c3ccccc3Oc3ccccc3)cc12.O=S(=O)(c1ccccc1)n1cc(-c2ccoc2)c2cc(-c3ccccn3)cnc21. The summed E-state index contributed by atoms with van der Waals surface area (Å²) in [4.78, 5) is 37.1. The number of pyridine rings is 5. The first kappa shape index (κ1) is 95.9. The van der Waals surface area contributed by atoms with Gasteiger partial charge >= 0.3 is 0 Å². The Kier molecular flexibility index (Phi) is 26.4. The van der Waals surface area contributed by atoms with Gasteiger partial charge in [0, 0.05) is 187 Å². The van der Waals surface area contributed by atoms with Crippen LogP contribution in [-0.4, -0.2) is 112 Å². The van der Waals surface area contributed by atoms with Gasteiger partial charge in [-0.1, -0.05) is 203 Å². The Labute approximate surface area is 833 Å². The van der Waals surface area contributed by atoms with Crippen molar-refractivity contribution in [1.82, 2.24) is 50.2 Å². The summed E-state index contributed by atoms with van der Waals surface area (Å²) < 4.78 is 144. The third kappa shape index (κ3) is 19.0. The molecule has 0 aliphatic heterocycles. The molecule has 22 aromatic rings. The normalized spacial score (nSPS) is 11.9. The zero-order valence-corrected chi connectivity index (χ0v) is 83.7. The van der Waals surface area contributed by atoms with E-state index in [1.165, 1.54) is 50.8 Å². The Balaban J connectivity index is 0.000000122. The zero-order chi connectivity index (χ0) is 100. The van der Waals surface area contributed by atoms with Crippen molar-refractivity contribution in [1.29, 1.82) is 0 Å². The molecule has 0 saturated heterocycles. The van der Waals surface area contributed by atoms with Gasteiger partial charge in [0.1, 0.15) is 34.4 Å². The Bertz CT molecular complexity index is 8950. The minimum absolute atomic E-state index is 0.108. The van der Waals surface area contributed by atoms with Crippen LogP contribution >= 0.6 is 0 Å². The van der Waals surface area contributed by atoms with E-state index in [9.17, 15) is 38.5 Å². The molecular formula is C113H94N12O14S4Si. The number of furan rings is 2. The first-order valence-corrected chi connectivity index (χ1v) is 54.4. The molecule has 0 bridgehead atoms. The number of aldehydes is 1. The lowest BCUT2D eigenvalue weighted by Crippen LogP contribution is -2.45. The number of rotatable bonds is 23. The van der Waals surface area contributed by atoms with E-state index >= 15 is 0 Å². The number of anilines is 1. The molecule has 0 radical (unpaired) electrons. The number of benzene rings is 9. The molecule has 718 valence electrons. The molecule has 144 heavy (non-hydrogen) atoms. The van der Waals surface area contributed by atoms with Gasteiger partial charge in [0.15, 0.2) is 37.2 Å². The van der Waals surface area contributed by atoms with Gasteiger partial charge in [-0.25, -0.2) is 69.5 Å². The van der Waals surface area contributed by atoms with Gasteiger partial charge in [0.05, 0.1) is 49.8 Å². The second-order valence-corrected chi connectivity index (χ2v) is 48.1. The summed E-state index contributed by atoms with van der Waals surface area (Å²) in [6, 6.07) is 94.7. The number of carbonyl (C=O) groups excluding carboxylic acids is 1. The molecular weight excluding hydrogens is 1910 g/mol. The predicted molar refractivity (Wildman–Crippen MR) is 564 cm³/mol. The second kappa shape index (κ2) is 39.6. The van der Waals surface area contributed by atoms with Crippen molar-refractivity contribution in [3.63, 3.8) is 0 Å². The lowest BCUT2D eigenvalue weighted by Gasteiger charge is -2.38. The van der Waals surface area contributed by atoms with Crippen LogP contribution in [0.25, 0.3) is 133 Å². The first-order valence-electron chi connectivity index (χ1n) is 45.7. The van der Waals surface area contributed by atoms with Crippen LogP contribution in [0.4, 0.5) is 5.69 Å². The van der Waals surface area contributed by atoms with Crippen molar-refractivity contribution in [2.45, 2.75) is 72.3 Å². The van der Waals surface area contributed by atoms with Crippen molar-refractivity contribution in [2.75, 3.05) is 19.0 Å². The lowest BCUT2D eigenvalue weighted by molar-refractivity contribution is 0.110. The Hall–Kier alpha value is -17.0. The monoisotopic (exact) mass is 2000 g/mol. The summed E-state index contributed by atoms with van der Waals surface area (Å²) in [6.45, 7) is 15.2. The fourth-order valence-corrected chi connectivity index (χ4v) is 24.0. The molecule has 0 spiro atoms. The van der Waals surface area contributed by atoms with Crippen molar-refractivity contribution >= 4 is 104 Å². The maximum atomic E-state index is 13.7. The Morgan fingerprint density at radius 3 is 1.26 bits per heavy atom.